The van der Waals surface area contributed by atoms with E-state index < -0.39 is 11.6 Å². The molecule has 20 heavy (non-hydrogen) atoms. The summed E-state index contributed by atoms with van der Waals surface area (Å²) in [6.45, 7) is 0.210. The third-order valence-electron chi connectivity index (χ3n) is 2.88. The molecule has 1 aromatic carbocycles. The molecule has 3 aromatic rings. The standard InChI is InChI=1S/C12H9ClF2N4O/c13-2-1-11-17-12-8(15)3-7(14)4-9(12)19(11)5-10-16-6-20-18-10/h3-4,6H,1-2,5H2. The average Bonchev–Trinajstić information content (AvgIpc) is 3.01. The average molecular weight is 299 g/mol. The van der Waals surface area contributed by atoms with Crippen LogP contribution < -0.4 is 0 Å². The second-order valence-electron chi connectivity index (χ2n) is 4.16. The number of alkyl halides is 1. The fourth-order valence-corrected chi connectivity index (χ4v) is 2.22. The van der Waals surface area contributed by atoms with Crippen LogP contribution in [0.4, 0.5) is 8.78 Å². The molecule has 104 valence electrons. The van der Waals surface area contributed by atoms with E-state index in [1.807, 2.05) is 0 Å². The van der Waals surface area contributed by atoms with Gasteiger partial charge in [-0.1, -0.05) is 5.16 Å². The van der Waals surface area contributed by atoms with Crippen molar-refractivity contribution < 1.29 is 13.3 Å². The van der Waals surface area contributed by atoms with Crippen molar-refractivity contribution in [1.29, 1.82) is 0 Å². The highest BCUT2D eigenvalue weighted by molar-refractivity contribution is 6.17. The number of hydrogen-bond acceptors (Lipinski definition) is 4. The zero-order valence-electron chi connectivity index (χ0n) is 10.2. The topological polar surface area (TPSA) is 56.7 Å². The maximum Gasteiger partial charge on any atom is 0.213 e. The van der Waals surface area contributed by atoms with E-state index in [0.717, 1.165) is 6.07 Å². The molecule has 2 aromatic heterocycles. The molecule has 5 nitrogen and oxygen atoms in total. The van der Waals surface area contributed by atoms with Crippen LogP contribution in [-0.4, -0.2) is 25.6 Å². The number of rotatable bonds is 4. The minimum absolute atomic E-state index is 0.106. The van der Waals surface area contributed by atoms with E-state index in [4.69, 9.17) is 11.6 Å². The van der Waals surface area contributed by atoms with Crippen molar-refractivity contribution in [3.05, 3.63) is 41.8 Å². The molecule has 0 aliphatic carbocycles. The normalized spacial score (nSPS) is 11.3. The van der Waals surface area contributed by atoms with Crippen molar-refractivity contribution >= 4 is 22.6 Å². The highest BCUT2D eigenvalue weighted by Gasteiger charge is 2.16. The Bertz CT molecular complexity index is 742. The van der Waals surface area contributed by atoms with Crippen molar-refractivity contribution in [3.63, 3.8) is 0 Å². The number of imidazole rings is 1. The van der Waals surface area contributed by atoms with Crippen LogP contribution in [0.15, 0.2) is 23.0 Å². The summed E-state index contributed by atoms with van der Waals surface area (Å²) in [7, 11) is 0. The van der Waals surface area contributed by atoms with Gasteiger partial charge < -0.3 is 9.09 Å². The van der Waals surface area contributed by atoms with E-state index in [1.165, 1.54) is 12.5 Å². The Morgan fingerprint density at radius 1 is 1.30 bits per heavy atom. The number of hydrogen-bond donors (Lipinski definition) is 0. The number of halogens is 3. The summed E-state index contributed by atoms with van der Waals surface area (Å²) in [5.74, 6) is -0.113. The largest absolute Gasteiger partial charge is 0.343 e. The Morgan fingerprint density at radius 3 is 2.85 bits per heavy atom. The SMILES string of the molecule is Fc1cc(F)c2nc(CCCl)n(Cc3ncon3)c2c1. The van der Waals surface area contributed by atoms with Crippen molar-refractivity contribution in [2.45, 2.75) is 13.0 Å². The fourth-order valence-electron chi connectivity index (χ4n) is 2.05. The molecular weight excluding hydrogens is 290 g/mol. The fraction of sp³-hybridized carbons (Fsp3) is 0.250. The van der Waals surface area contributed by atoms with Gasteiger partial charge in [0.2, 0.25) is 6.39 Å². The van der Waals surface area contributed by atoms with Gasteiger partial charge in [-0.05, 0) is 6.07 Å². The van der Waals surface area contributed by atoms with Crippen LogP contribution in [0.1, 0.15) is 11.6 Å². The number of aromatic nitrogens is 4. The first-order chi connectivity index (χ1) is 9.69. The molecule has 0 unspecified atom stereocenters. The Labute approximate surface area is 117 Å². The first-order valence-corrected chi connectivity index (χ1v) is 6.38. The van der Waals surface area contributed by atoms with Crippen LogP contribution in [0.25, 0.3) is 11.0 Å². The molecule has 0 saturated heterocycles. The van der Waals surface area contributed by atoms with E-state index in [1.54, 1.807) is 4.57 Å². The molecule has 0 spiro atoms. The first-order valence-electron chi connectivity index (χ1n) is 5.84. The summed E-state index contributed by atoms with van der Waals surface area (Å²) in [6, 6.07) is 2.03. The molecule has 0 N–H and O–H groups in total. The minimum Gasteiger partial charge on any atom is -0.343 e. The lowest BCUT2D eigenvalue weighted by Gasteiger charge is -2.05. The predicted octanol–water partition coefficient (Wildman–Crippen LogP) is 2.53. The third kappa shape index (κ3) is 2.24. The zero-order valence-corrected chi connectivity index (χ0v) is 10.9. The molecule has 8 heteroatoms. The van der Waals surface area contributed by atoms with E-state index in [-0.39, 0.29) is 12.1 Å². The maximum atomic E-state index is 13.8. The molecule has 0 radical (unpaired) electrons. The van der Waals surface area contributed by atoms with Gasteiger partial charge in [-0.3, -0.25) is 0 Å². The Hall–Kier alpha value is -2.02. The number of fused-ring (bicyclic) bond motifs is 1. The van der Waals surface area contributed by atoms with Crippen molar-refractivity contribution in [2.75, 3.05) is 5.88 Å². The monoisotopic (exact) mass is 298 g/mol. The lowest BCUT2D eigenvalue weighted by Crippen LogP contribution is -2.07. The van der Waals surface area contributed by atoms with Crippen LogP contribution in [0.2, 0.25) is 0 Å². The second-order valence-corrected chi connectivity index (χ2v) is 4.53. The number of benzene rings is 1. The Kier molecular flexibility index (Phi) is 3.35. The highest BCUT2D eigenvalue weighted by Crippen LogP contribution is 2.22. The van der Waals surface area contributed by atoms with Gasteiger partial charge in [-0.2, -0.15) is 4.98 Å². The molecule has 0 aliphatic heterocycles. The lowest BCUT2D eigenvalue weighted by atomic mass is 10.3. The van der Waals surface area contributed by atoms with Crippen LogP contribution >= 0.6 is 11.6 Å². The minimum atomic E-state index is -0.706. The van der Waals surface area contributed by atoms with Crippen LogP contribution in [0.3, 0.4) is 0 Å². The Morgan fingerprint density at radius 2 is 2.15 bits per heavy atom. The van der Waals surface area contributed by atoms with Crippen molar-refractivity contribution in [2.24, 2.45) is 0 Å². The molecule has 0 fully saturated rings. The first kappa shape index (κ1) is 13.0. The molecule has 2 heterocycles. The molecule has 0 amide bonds. The number of nitrogens with zero attached hydrogens (tertiary/aromatic N) is 4. The summed E-state index contributed by atoms with van der Waals surface area (Å²) in [5, 5.41) is 3.69. The van der Waals surface area contributed by atoms with Gasteiger partial charge in [-0.25, -0.2) is 13.8 Å². The summed E-state index contributed by atoms with van der Waals surface area (Å²) < 4.78 is 33.4. The van der Waals surface area contributed by atoms with E-state index in [9.17, 15) is 8.78 Å². The molecule has 0 aliphatic rings. The smallest absolute Gasteiger partial charge is 0.213 e. The van der Waals surface area contributed by atoms with Crippen LogP contribution in [0, 0.1) is 11.6 Å². The molecular formula is C12H9ClF2N4O. The number of aryl methyl sites for hydroxylation is 1. The molecule has 0 bridgehead atoms. The van der Waals surface area contributed by atoms with Crippen molar-refractivity contribution in [3.8, 4) is 0 Å². The molecule has 0 atom stereocenters. The quantitative estimate of drug-likeness (QED) is 0.695. The molecule has 0 saturated carbocycles. The van der Waals surface area contributed by atoms with Gasteiger partial charge in [0, 0.05) is 18.4 Å². The van der Waals surface area contributed by atoms with Crippen molar-refractivity contribution in [1.82, 2.24) is 19.7 Å². The predicted molar refractivity (Wildman–Crippen MR) is 67.5 cm³/mol. The van der Waals surface area contributed by atoms with Gasteiger partial charge >= 0.3 is 0 Å². The van der Waals surface area contributed by atoms with Gasteiger partial charge in [-0.15, -0.1) is 11.6 Å². The van der Waals surface area contributed by atoms with E-state index in [0.29, 0.717) is 29.5 Å². The molecule has 3 rings (SSSR count). The van der Waals surface area contributed by atoms with Gasteiger partial charge in [0.05, 0.1) is 12.1 Å². The zero-order chi connectivity index (χ0) is 14.1. The maximum absolute atomic E-state index is 13.8. The highest BCUT2D eigenvalue weighted by atomic mass is 35.5. The van der Waals surface area contributed by atoms with Gasteiger partial charge in [0.1, 0.15) is 17.2 Å². The van der Waals surface area contributed by atoms with Crippen LogP contribution in [0.5, 0.6) is 0 Å². The van der Waals surface area contributed by atoms with Gasteiger partial charge in [0.25, 0.3) is 0 Å². The van der Waals surface area contributed by atoms with Gasteiger partial charge in [0.15, 0.2) is 11.6 Å². The third-order valence-corrected chi connectivity index (χ3v) is 3.06. The van der Waals surface area contributed by atoms with Crippen LogP contribution in [-0.2, 0) is 13.0 Å². The summed E-state index contributed by atoms with van der Waals surface area (Å²) >= 11 is 5.72. The Balaban J connectivity index is 2.17. The van der Waals surface area contributed by atoms with E-state index >= 15 is 0 Å². The lowest BCUT2D eigenvalue weighted by molar-refractivity contribution is 0.408. The summed E-state index contributed by atoms with van der Waals surface area (Å²) in [5.41, 5.74) is 0.447. The summed E-state index contributed by atoms with van der Waals surface area (Å²) in [6.07, 6.45) is 1.62. The second kappa shape index (κ2) is 5.16. The summed E-state index contributed by atoms with van der Waals surface area (Å²) in [4.78, 5) is 8.07. The van der Waals surface area contributed by atoms with E-state index in [2.05, 4.69) is 19.6 Å².